The molecule has 0 N–H and O–H groups in total. The third-order valence-electron chi connectivity index (χ3n) is 2.88. The summed E-state index contributed by atoms with van der Waals surface area (Å²) in [7, 11) is 0. The molecule has 0 aliphatic rings. The van der Waals surface area contributed by atoms with E-state index in [0.717, 1.165) is 10.2 Å². The van der Waals surface area contributed by atoms with Crippen molar-refractivity contribution in [2.24, 2.45) is 0 Å². The molecule has 0 atom stereocenters. The Hall–Kier alpha value is -1.43. The highest BCUT2D eigenvalue weighted by molar-refractivity contribution is 7.79. The number of nitrogens with zero attached hydrogens (tertiary/aromatic N) is 2. The van der Waals surface area contributed by atoms with Crippen molar-refractivity contribution in [2.45, 2.75) is 25.3 Å². The van der Waals surface area contributed by atoms with Crippen LogP contribution in [0.25, 0.3) is 5.69 Å². The van der Waals surface area contributed by atoms with Gasteiger partial charge in [-0.2, -0.15) is 30.9 Å². The minimum absolute atomic E-state index is 0.00311. The summed E-state index contributed by atoms with van der Waals surface area (Å²) in [6, 6.07) is 6.95. The zero-order valence-electron chi connectivity index (χ0n) is 10.3. The average molecular weight is 286 g/mol. The molecule has 0 saturated carbocycles. The lowest BCUT2D eigenvalue weighted by atomic mass is 10.1. The summed E-state index contributed by atoms with van der Waals surface area (Å²) in [5.41, 5.74) is 0.623. The zero-order valence-corrected chi connectivity index (χ0v) is 11.2. The van der Waals surface area contributed by atoms with Crippen LogP contribution in [0, 0.1) is 0 Å². The number of hydrogen-bond donors (Lipinski definition) is 1. The van der Waals surface area contributed by atoms with E-state index in [2.05, 4.69) is 17.7 Å². The zero-order chi connectivity index (χ0) is 14.0. The van der Waals surface area contributed by atoms with Gasteiger partial charge in [0.15, 0.2) is 5.69 Å². The first-order chi connectivity index (χ1) is 8.99. The Morgan fingerprint density at radius 1 is 1.21 bits per heavy atom. The predicted molar refractivity (Wildman–Crippen MR) is 70.6 cm³/mol. The highest BCUT2D eigenvalue weighted by atomic mass is 32.1. The lowest BCUT2D eigenvalue weighted by Crippen LogP contribution is -2.16. The summed E-state index contributed by atoms with van der Waals surface area (Å²) in [6.45, 7) is 1.90. The first-order valence-electron chi connectivity index (χ1n) is 5.82. The number of aryl methyl sites for hydroxylation is 1. The summed E-state index contributed by atoms with van der Waals surface area (Å²) in [4.78, 5) is 0. The van der Waals surface area contributed by atoms with Gasteiger partial charge in [-0.3, -0.25) is 0 Å². The molecule has 0 fully saturated rings. The minimum Gasteiger partial charge on any atom is -0.228 e. The van der Waals surface area contributed by atoms with Crippen molar-refractivity contribution < 1.29 is 13.2 Å². The SMILES string of the molecule is CCc1ccccc1-n1ncc(CS)c1C(F)(F)F. The molecule has 0 radical (unpaired) electrons. The Bertz CT molecular complexity index is 576. The lowest BCUT2D eigenvalue weighted by molar-refractivity contribution is -0.143. The third kappa shape index (κ3) is 2.63. The van der Waals surface area contributed by atoms with Crippen LogP contribution in [0.15, 0.2) is 30.5 Å². The number of halogens is 3. The van der Waals surface area contributed by atoms with E-state index < -0.39 is 11.9 Å². The average Bonchev–Trinajstić information content (AvgIpc) is 2.82. The van der Waals surface area contributed by atoms with Crippen LogP contribution in [0.1, 0.15) is 23.7 Å². The van der Waals surface area contributed by atoms with E-state index in [-0.39, 0.29) is 11.3 Å². The quantitative estimate of drug-likeness (QED) is 0.848. The molecule has 102 valence electrons. The maximum Gasteiger partial charge on any atom is 0.433 e. The molecule has 19 heavy (non-hydrogen) atoms. The molecule has 1 heterocycles. The van der Waals surface area contributed by atoms with Crippen LogP contribution in [0.4, 0.5) is 13.2 Å². The van der Waals surface area contributed by atoms with Crippen LogP contribution in [0.2, 0.25) is 0 Å². The van der Waals surface area contributed by atoms with Crippen molar-refractivity contribution in [3.8, 4) is 5.69 Å². The van der Waals surface area contributed by atoms with Gasteiger partial charge in [0, 0.05) is 11.3 Å². The smallest absolute Gasteiger partial charge is 0.228 e. The van der Waals surface area contributed by atoms with Gasteiger partial charge in [-0.15, -0.1) is 0 Å². The number of hydrogen-bond acceptors (Lipinski definition) is 2. The number of para-hydroxylation sites is 1. The Morgan fingerprint density at radius 2 is 1.89 bits per heavy atom. The van der Waals surface area contributed by atoms with E-state index in [9.17, 15) is 13.2 Å². The summed E-state index contributed by atoms with van der Waals surface area (Å²) in [5.74, 6) is 0.00311. The van der Waals surface area contributed by atoms with Crippen molar-refractivity contribution in [1.82, 2.24) is 9.78 Å². The fourth-order valence-corrected chi connectivity index (χ4v) is 2.23. The number of thiol groups is 1. The summed E-state index contributed by atoms with van der Waals surface area (Å²) < 4.78 is 40.4. The molecule has 0 aliphatic heterocycles. The first kappa shape index (κ1) is 14.0. The minimum atomic E-state index is -4.45. The Kier molecular flexibility index (Phi) is 3.89. The van der Waals surface area contributed by atoms with Gasteiger partial charge < -0.3 is 0 Å². The molecule has 0 unspecified atom stereocenters. The largest absolute Gasteiger partial charge is 0.433 e. The van der Waals surface area contributed by atoms with Crippen LogP contribution in [-0.2, 0) is 18.3 Å². The monoisotopic (exact) mass is 286 g/mol. The predicted octanol–water partition coefficient (Wildman–Crippen LogP) is 3.88. The third-order valence-corrected chi connectivity index (χ3v) is 3.23. The molecule has 0 amide bonds. The van der Waals surface area contributed by atoms with Crippen LogP contribution in [0.5, 0.6) is 0 Å². The second-order valence-corrected chi connectivity index (χ2v) is 4.38. The fraction of sp³-hybridized carbons (Fsp3) is 0.308. The molecule has 2 rings (SSSR count). The van der Waals surface area contributed by atoms with Gasteiger partial charge in [0.05, 0.1) is 11.9 Å². The van der Waals surface area contributed by atoms with E-state index in [1.165, 1.54) is 6.20 Å². The second kappa shape index (κ2) is 5.28. The van der Waals surface area contributed by atoms with Gasteiger partial charge in [0.1, 0.15) is 0 Å². The molecule has 0 spiro atoms. The van der Waals surface area contributed by atoms with E-state index >= 15 is 0 Å². The summed E-state index contributed by atoms with van der Waals surface area (Å²) >= 11 is 3.93. The normalized spacial score (nSPS) is 11.8. The van der Waals surface area contributed by atoms with Gasteiger partial charge in [-0.05, 0) is 18.1 Å². The van der Waals surface area contributed by atoms with E-state index in [0.29, 0.717) is 12.1 Å². The molecule has 1 aromatic carbocycles. The number of benzene rings is 1. The molecule has 0 aliphatic carbocycles. The summed E-state index contributed by atoms with van der Waals surface area (Å²) in [5, 5.41) is 3.88. The van der Waals surface area contributed by atoms with Crippen molar-refractivity contribution in [1.29, 1.82) is 0 Å². The highest BCUT2D eigenvalue weighted by Crippen LogP contribution is 2.34. The highest BCUT2D eigenvalue weighted by Gasteiger charge is 2.38. The number of aromatic nitrogens is 2. The molecule has 6 heteroatoms. The van der Waals surface area contributed by atoms with Gasteiger partial charge >= 0.3 is 6.18 Å². The van der Waals surface area contributed by atoms with E-state index in [1.807, 2.05) is 6.92 Å². The van der Waals surface area contributed by atoms with E-state index in [1.54, 1.807) is 24.3 Å². The van der Waals surface area contributed by atoms with Crippen molar-refractivity contribution in [2.75, 3.05) is 0 Å². The Morgan fingerprint density at radius 3 is 2.47 bits per heavy atom. The van der Waals surface area contributed by atoms with Gasteiger partial charge in [0.25, 0.3) is 0 Å². The van der Waals surface area contributed by atoms with Crippen molar-refractivity contribution in [3.63, 3.8) is 0 Å². The van der Waals surface area contributed by atoms with Crippen LogP contribution in [-0.4, -0.2) is 9.78 Å². The van der Waals surface area contributed by atoms with Crippen LogP contribution >= 0.6 is 12.6 Å². The first-order valence-corrected chi connectivity index (χ1v) is 6.45. The van der Waals surface area contributed by atoms with Crippen molar-refractivity contribution in [3.05, 3.63) is 47.3 Å². The van der Waals surface area contributed by atoms with Gasteiger partial charge in [-0.25, -0.2) is 4.68 Å². The van der Waals surface area contributed by atoms with Crippen molar-refractivity contribution >= 4 is 12.6 Å². The van der Waals surface area contributed by atoms with Crippen LogP contribution in [0.3, 0.4) is 0 Å². The molecule has 2 nitrogen and oxygen atoms in total. The Labute approximate surface area is 114 Å². The standard InChI is InChI=1S/C13H13F3N2S/c1-2-9-5-3-4-6-11(9)18-12(13(14,15)16)10(8-19)7-17-18/h3-7,19H,2,8H2,1H3. The maximum atomic E-state index is 13.2. The molecule has 2 aromatic rings. The molecule has 0 saturated heterocycles. The molecular formula is C13H13F3N2S. The molecule has 0 bridgehead atoms. The topological polar surface area (TPSA) is 17.8 Å². The summed E-state index contributed by atoms with van der Waals surface area (Å²) in [6.07, 6.45) is -2.58. The Balaban J connectivity index is 2.66. The lowest BCUT2D eigenvalue weighted by Gasteiger charge is -2.14. The maximum absolute atomic E-state index is 13.2. The molecular weight excluding hydrogens is 273 g/mol. The fourth-order valence-electron chi connectivity index (χ4n) is 2.00. The van der Waals surface area contributed by atoms with E-state index in [4.69, 9.17) is 0 Å². The number of rotatable bonds is 3. The molecule has 1 aromatic heterocycles. The second-order valence-electron chi connectivity index (χ2n) is 4.07. The van der Waals surface area contributed by atoms with Gasteiger partial charge in [0.2, 0.25) is 0 Å². The van der Waals surface area contributed by atoms with Crippen LogP contribution < -0.4 is 0 Å². The van der Waals surface area contributed by atoms with Gasteiger partial charge in [-0.1, -0.05) is 25.1 Å². The number of alkyl halides is 3.